The Labute approximate surface area is 110 Å². The topological polar surface area (TPSA) is 24.5 Å². The largest absolute Gasteiger partial charge is 0.492 e. The summed E-state index contributed by atoms with van der Waals surface area (Å²) in [5.41, 5.74) is 1.40. The highest BCUT2D eigenvalue weighted by Gasteiger charge is 2.38. The van der Waals surface area contributed by atoms with Crippen LogP contribution in [0.3, 0.4) is 0 Å². The van der Waals surface area contributed by atoms with E-state index >= 15 is 0 Å². The summed E-state index contributed by atoms with van der Waals surface area (Å²) in [5.74, 6) is 0.978. The zero-order chi connectivity index (χ0) is 13.0. The highest BCUT2D eigenvalue weighted by molar-refractivity contribution is 5.27. The number of nitrogens with one attached hydrogen (secondary N) is 1. The van der Waals surface area contributed by atoms with Crippen LogP contribution in [0.15, 0.2) is 24.3 Å². The molecule has 1 unspecified atom stereocenters. The summed E-state index contributed by atoms with van der Waals surface area (Å²) in [5, 5.41) is 3.31. The van der Waals surface area contributed by atoms with Crippen molar-refractivity contribution in [3.8, 4) is 5.75 Å². The lowest BCUT2D eigenvalue weighted by molar-refractivity contribution is 0.0976. The first-order valence-corrected chi connectivity index (χ1v) is 6.72. The Bertz CT molecular complexity index is 394. The number of hydrogen-bond acceptors (Lipinski definition) is 3. The minimum absolute atomic E-state index is 0.151. The van der Waals surface area contributed by atoms with E-state index in [-0.39, 0.29) is 5.54 Å². The fraction of sp³-hybridized carbons (Fsp3) is 0.600. The van der Waals surface area contributed by atoms with Crippen LogP contribution in [0.1, 0.15) is 18.4 Å². The molecule has 0 aromatic heterocycles. The number of nitrogens with zero attached hydrogens (tertiary/aromatic N) is 1. The molecule has 1 atom stereocenters. The lowest BCUT2D eigenvalue weighted by Crippen LogP contribution is -2.52. The zero-order valence-electron chi connectivity index (χ0n) is 11.7. The molecular formula is C15H24N2O. The Morgan fingerprint density at radius 2 is 2.28 bits per heavy atom. The van der Waals surface area contributed by atoms with Crippen molar-refractivity contribution < 1.29 is 4.74 Å². The summed E-state index contributed by atoms with van der Waals surface area (Å²) in [6, 6.07) is 8.28. The maximum atomic E-state index is 6.02. The van der Waals surface area contributed by atoms with E-state index in [9.17, 15) is 0 Å². The number of aryl methyl sites for hydroxylation is 1. The van der Waals surface area contributed by atoms with Crippen LogP contribution in [-0.4, -0.2) is 44.2 Å². The van der Waals surface area contributed by atoms with Gasteiger partial charge in [-0.1, -0.05) is 12.1 Å². The Hall–Kier alpha value is -1.06. The summed E-state index contributed by atoms with van der Waals surface area (Å²) < 4.78 is 6.02. The normalized spacial score (nSPS) is 24.4. The molecule has 1 saturated heterocycles. The summed E-state index contributed by atoms with van der Waals surface area (Å²) in [6.45, 7) is 5.00. The van der Waals surface area contributed by atoms with Gasteiger partial charge >= 0.3 is 0 Å². The average Bonchev–Trinajstić information content (AvgIpc) is 2.70. The molecule has 0 saturated carbocycles. The smallest absolute Gasteiger partial charge is 0.119 e. The minimum atomic E-state index is 0.151. The van der Waals surface area contributed by atoms with Crippen LogP contribution in [-0.2, 0) is 0 Å². The van der Waals surface area contributed by atoms with Crippen molar-refractivity contribution in [2.75, 3.05) is 33.8 Å². The molecule has 0 bridgehead atoms. The molecule has 1 aromatic carbocycles. The van der Waals surface area contributed by atoms with Crippen LogP contribution in [0, 0.1) is 6.92 Å². The lowest BCUT2D eigenvalue weighted by atomic mass is 9.97. The number of ether oxygens (including phenoxy) is 1. The highest BCUT2D eigenvalue weighted by Crippen LogP contribution is 2.28. The third-order valence-corrected chi connectivity index (χ3v) is 3.95. The van der Waals surface area contributed by atoms with Crippen molar-refractivity contribution in [3.05, 3.63) is 29.8 Å². The van der Waals surface area contributed by atoms with Crippen LogP contribution in [0.2, 0.25) is 0 Å². The van der Waals surface area contributed by atoms with E-state index in [2.05, 4.69) is 36.3 Å². The van der Waals surface area contributed by atoms with Gasteiger partial charge in [0.1, 0.15) is 12.4 Å². The molecule has 1 N–H and O–H groups in total. The first-order valence-electron chi connectivity index (χ1n) is 6.72. The average molecular weight is 248 g/mol. The van der Waals surface area contributed by atoms with Crippen LogP contribution < -0.4 is 10.1 Å². The van der Waals surface area contributed by atoms with Crippen LogP contribution in [0.4, 0.5) is 0 Å². The number of likely N-dealkylation sites (tertiary alicyclic amines) is 1. The monoisotopic (exact) mass is 248 g/mol. The SMILES string of the molecule is CNCC1(COc2cccc(C)c2)CCCN1C. The molecule has 1 aromatic rings. The van der Waals surface area contributed by atoms with Crippen molar-refractivity contribution >= 4 is 0 Å². The second kappa shape index (κ2) is 5.72. The van der Waals surface area contributed by atoms with Gasteiger partial charge < -0.3 is 10.1 Å². The molecule has 1 fully saturated rings. The summed E-state index contributed by atoms with van der Waals surface area (Å²) in [6.07, 6.45) is 2.46. The summed E-state index contributed by atoms with van der Waals surface area (Å²) in [4.78, 5) is 2.43. The van der Waals surface area contributed by atoms with Gasteiger partial charge in [0, 0.05) is 6.54 Å². The number of likely N-dealkylation sites (N-methyl/N-ethyl adjacent to an activating group) is 2. The van der Waals surface area contributed by atoms with Crippen molar-refractivity contribution in [3.63, 3.8) is 0 Å². The predicted octanol–water partition coefficient (Wildman–Crippen LogP) is 2.06. The number of benzene rings is 1. The van der Waals surface area contributed by atoms with E-state index < -0.39 is 0 Å². The number of hydrogen-bond donors (Lipinski definition) is 1. The van der Waals surface area contributed by atoms with E-state index in [1.54, 1.807) is 0 Å². The van der Waals surface area contributed by atoms with Crippen LogP contribution in [0.5, 0.6) is 5.75 Å². The molecular weight excluding hydrogens is 224 g/mol. The van der Waals surface area contributed by atoms with Gasteiger partial charge in [0.25, 0.3) is 0 Å². The van der Waals surface area contributed by atoms with Gasteiger partial charge in [0.15, 0.2) is 0 Å². The molecule has 1 aliphatic rings. The van der Waals surface area contributed by atoms with Gasteiger partial charge in [-0.2, -0.15) is 0 Å². The molecule has 0 radical (unpaired) electrons. The Morgan fingerprint density at radius 3 is 2.89 bits per heavy atom. The van der Waals surface area contributed by atoms with E-state index in [1.165, 1.54) is 24.9 Å². The lowest BCUT2D eigenvalue weighted by Gasteiger charge is -2.35. The van der Waals surface area contributed by atoms with Crippen LogP contribution >= 0.6 is 0 Å². The van der Waals surface area contributed by atoms with Crippen molar-refractivity contribution in [2.24, 2.45) is 0 Å². The molecule has 1 heterocycles. The minimum Gasteiger partial charge on any atom is -0.492 e. The van der Waals surface area contributed by atoms with Gasteiger partial charge in [-0.05, 0) is 58.1 Å². The first kappa shape index (κ1) is 13.4. The Balaban J connectivity index is 2.02. The third kappa shape index (κ3) is 2.85. The van der Waals surface area contributed by atoms with Gasteiger partial charge in [-0.25, -0.2) is 0 Å². The Morgan fingerprint density at radius 1 is 1.44 bits per heavy atom. The first-order chi connectivity index (χ1) is 8.66. The number of rotatable bonds is 5. The van der Waals surface area contributed by atoms with Gasteiger partial charge in [-0.15, -0.1) is 0 Å². The second-order valence-corrected chi connectivity index (χ2v) is 5.38. The Kier molecular flexibility index (Phi) is 4.25. The zero-order valence-corrected chi connectivity index (χ0v) is 11.7. The molecule has 2 rings (SSSR count). The molecule has 3 heteroatoms. The quantitative estimate of drug-likeness (QED) is 0.863. The fourth-order valence-corrected chi connectivity index (χ4v) is 2.78. The maximum Gasteiger partial charge on any atom is 0.119 e. The van der Waals surface area contributed by atoms with Crippen molar-refractivity contribution in [1.29, 1.82) is 0 Å². The van der Waals surface area contributed by atoms with Gasteiger partial charge in [0.05, 0.1) is 5.54 Å². The maximum absolute atomic E-state index is 6.02. The van der Waals surface area contributed by atoms with Gasteiger partial charge in [0.2, 0.25) is 0 Å². The van der Waals surface area contributed by atoms with Crippen molar-refractivity contribution in [1.82, 2.24) is 10.2 Å². The van der Waals surface area contributed by atoms with Crippen LogP contribution in [0.25, 0.3) is 0 Å². The van der Waals surface area contributed by atoms with E-state index in [0.717, 1.165) is 18.9 Å². The van der Waals surface area contributed by atoms with Crippen molar-refractivity contribution in [2.45, 2.75) is 25.3 Å². The molecule has 1 aliphatic heterocycles. The standard InChI is InChI=1S/C15H24N2O/c1-13-6-4-7-14(10-13)18-12-15(11-16-2)8-5-9-17(15)3/h4,6-7,10,16H,5,8-9,11-12H2,1-3H3. The summed E-state index contributed by atoms with van der Waals surface area (Å²) in [7, 11) is 4.21. The molecule has 3 nitrogen and oxygen atoms in total. The molecule has 100 valence electrons. The molecule has 0 spiro atoms. The highest BCUT2D eigenvalue weighted by atomic mass is 16.5. The molecule has 18 heavy (non-hydrogen) atoms. The third-order valence-electron chi connectivity index (χ3n) is 3.95. The molecule has 0 amide bonds. The van der Waals surface area contributed by atoms with Gasteiger partial charge in [-0.3, -0.25) is 4.90 Å². The predicted molar refractivity (Wildman–Crippen MR) is 75.2 cm³/mol. The second-order valence-electron chi connectivity index (χ2n) is 5.38. The molecule has 0 aliphatic carbocycles. The summed E-state index contributed by atoms with van der Waals surface area (Å²) >= 11 is 0. The fourth-order valence-electron chi connectivity index (χ4n) is 2.78. The van der Waals surface area contributed by atoms with E-state index in [4.69, 9.17) is 4.74 Å². The van der Waals surface area contributed by atoms with E-state index in [1.807, 2.05) is 19.2 Å². The van der Waals surface area contributed by atoms with E-state index in [0.29, 0.717) is 0 Å².